The minimum Gasteiger partial charge on any atom is -0.360 e. The van der Waals surface area contributed by atoms with E-state index in [1.54, 1.807) is 23.2 Å². The minimum absolute atomic E-state index is 0.0864. The Hall–Kier alpha value is -3.67. The zero-order chi connectivity index (χ0) is 18.8. The number of carbonyl (C=O) groups is 2. The Morgan fingerprint density at radius 1 is 0.963 bits per heavy atom. The Kier molecular flexibility index (Phi) is 4.30. The predicted molar refractivity (Wildman–Crippen MR) is 105 cm³/mol. The van der Waals surface area contributed by atoms with E-state index in [4.69, 9.17) is 0 Å². The average molecular weight is 358 g/mol. The van der Waals surface area contributed by atoms with Crippen molar-refractivity contribution in [3.63, 3.8) is 0 Å². The van der Waals surface area contributed by atoms with Crippen molar-refractivity contribution in [1.82, 2.24) is 4.98 Å². The molecule has 6 heteroatoms. The van der Waals surface area contributed by atoms with Crippen LogP contribution in [0.2, 0.25) is 0 Å². The molecular formula is C21H18N4O2. The van der Waals surface area contributed by atoms with Crippen LogP contribution in [0, 0.1) is 0 Å². The largest absolute Gasteiger partial charge is 0.360 e. The summed E-state index contributed by atoms with van der Waals surface area (Å²) in [4.78, 5) is 30.3. The highest BCUT2D eigenvalue weighted by molar-refractivity contribution is 6.11. The highest BCUT2D eigenvalue weighted by Gasteiger charge is 2.38. The molecule has 1 unspecified atom stereocenters. The predicted octanol–water partition coefficient (Wildman–Crippen LogP) is 3.81. The van der Waals surface area contributed by atoms with Gasteiger partial charge in [-0.05, 0) is 48.5 Å². The second kappa shape index (κ2) is 6.92. The zero-order valence-electron chi connectivity index (χ0n) is 14.7. The molecule has 134 valence electrons. The maximum atomic E-state index is 13.0. The summed E-state index contributed by atoms with van der Waals surface area (Å²) < 4.78 is 0. The van der Waals surface area contributed by atoms with Crippen LogP contribution < -0.4 is 15.5 Å². The maximum Gasteiger partial charge on any atom is 0.262 e. The maximum absolute atomic E-state index is 13.0. The minimum atomic E-state index is -0.414. The van der Waals surface area contributed by atoms with Crippen LogP contribution in [0.1, 0.15) is 29.1 Å². The molecule has 3 aromatic rings. The highest BCUT2D eigenvalue weighted by atomic mass is 16.2. The van der Waals surface area contributed by atoms with Gasteiger partial charge in [0.15, 0.2) is 6.17 Å². The summed E-state index contributed by atoms with van der Waals surface area (Å²) in [6, 6.07) is 20.4. The Morgan fingerprint density at radius 2 is 1.67 bits per heavy atom. The lowest BCUT2D eigenvalue weighted by Crippen LogP contribution is -2.32. The van der Waals surface area contributed by atoms with Crippen LogP contribution >= 0.6 is 0 Å². The van der Waals surface area contributed by atoms with Gasteiger partial charge in [0.05, 0.1) is 11.3 Å². The van der Waals surface area contributed by atoms with Crippen molar-refractivity contribution in [3.05, 3.63) is 84.2 Å². The molecule has 2 N–H and O–H groups in total. The van der Waals surface area contributed by atoms with Gasteiger partial charge in [0.1, 0.15) is 0 Å². The zero-order valence-corrected chi connectivity index (χ0v) is 14.7. The monoisotopic (exact) mass is 358 g/mol. The molecule has 0 saturated heterocycles. The third-order valence-electron chi connectivity index (χ3n) is 4.35. The van der Waals surface area contributed by atoms with Crippen molar-refractivity contribution in [2.24, 2.45) is 0 Å². The van der Waals surface area contributed by atoms with Gasteiger partial charge in [-0.15, -0.1) is 0 Å². The number of carbonyl (C=O) groups excluding carboxylic acids is 2. The van der Waals surface area contributed by atoms with Crippen LogP contribution in [0.4, 0.5) is 17.1 Å². The van der Waals surface area contributed by atoms with E-state index in [9.17, 15) is 9.59 Å². The van der Waals surface area contributed by atoms with E-state index in [0.717, 1.165) is 11.4 Å². The first-order valence-corrected chi connectivity index (χ1v) is 8.61. The molecule has 0 bridgehead atoms. The number of hydrogen-bond acceptors (Lipinski definition) is 4. The van der Waals surface area contributed by atoms with Crippen molar-refractivity contribution in [1.29, 1.82) is 0 Å². The van der Waals surface area contributed by atoms with E-state index in [1.165, 1.54) is 6.92 Å². The van der Waals surface area contributed by atoms with Gasteiger partial charge in [0.2, 0.25) is 5.91 Å². The number of para-hydroxylation sites is 1. The van der Waals surface area contributed by atoms with Gasteiger partial charge in [-0.3, -0.25) is 19.5 Å². The van der Waals surface area contributed by atoms with E-state index < -0.39 is 6.17 Å². The average Bonchev–Trinajstić information content (AvgIpc) is 2.96. The normalized spacial score (nSPS) is 15.4. The number of anilines is 3. The smallest absolute Gasteiger partial charge is 0.262 e. The molecule has 0 aliphatic carbocycles. The van der Waals surface area contributed by atoms with E-state index in [2.05, 4.69) is 15.6 Å². The lowest BCUT2D eigenvalue weighted by Gasteiger charge is -2.26. The molecule has 1 aliphatic heterocycles. The summed E-state index contributed by atoms with van der Waals surface area (Å²) >= 11 is 0. The van der Waals surface area contributed by atoms with Gasteiger partial charge in [-0.1, -0.05) is 18.2 Å². The van der Waals surface area contributed by atoms with Crippen LogP contribution in [0.5, 0.6) is 0 Å². The van der Waals surface area contributed by atoms with E-state index >= 15 is 0 Å². The summed E-state index contributed by atoms with van der Waals surface area (Å²) in [5.74, 6) is -0.206. The number of aromatic nitrogens is 1. The Morgan fingerprint density at radius 3 is 2.37 bits per heavy atom. The molecule has 2 heterocycles. The van der Waals surface area contributed by atoms with Gasteiger partial charge >= 0.3 is 0 Å². The van der Waals surface area contributed by atoms with Crippen molar-refractivity contribution in [3.8, 4) is 0 Å². The Labute approximate surface area is 156 Å². The van der Waals surface area contributed by atoms with Crippen molar-refractivity contribution >= 4 is 28.9 Å². The first kappa shape index (κ1) is 16.8. The fraction of sp³-hybridized carbons (Fsp3) is 0.0952. The van der Waals surface area contributed by atoms with Crippen LogP contribution in [-0.4, -0.2) is 16.8 Å². The number of nitrogens with one attached hydrogen (secondary N) is 2. The molecule has 0 spiro atoms. The molecule has 1 aromatic heterocycles. The lowest BCUT2D eigenvalue weighted by molar-refractivity contribution is -0.114. The quantitative estimate of drug-likeness (QED) is 0.744. The fourth-order valence-corrected chi connectivity index (χ4v) is 3.18. The number of hydrogen-bond donors (Lipinski definition) is 2. The van der Waals surface area contributed by atoms with E-state index in [1.807, 2.05) is 54.6 Å². The molecule has 2 amide bonds. The van der Waals surface area contributed by atoms with Crippen LogP contribution in [0.25, 0.3) is 0 Å². The number of pyridine rings is 1. The van der Waals surface area contributed by atoms with Gasteiger partial charge in [0.25, 0.3) is 5.91 Å². The van der Waals surface area contributed by atoms with Gasteiger partial charge in [0, 0.05) is 30.2 Å². The number of benzene rings is 2. The molecule has 2 aromatic carbocycles. The first-order valence-electron chi connectivity index (χ1n) is 8.61. The highest BCUT2D eigenvalue weighted by Crippen LogP contribution is 2.36. The van der Waals surface area contributed by atoms with E-state index in [0.29, 0.717) is 16.9 Å². The molecule has 1 aliphatic rings. The molecule has 0 radical (unpaired) electrons. The molecular weight excluding hydrogens is 340 g/mol. The molecule has 27 heavy (non-hydrogen) atoms. The summed E-state index contributed by atoms with van der Waals surface area (Å²) in [7, 11) is 0. The lowest BCUT2D eigenvalue weighted by atomic mass is 10.2. The first-order chi connectivity index (χ1) is 13.1. The van der Waals surface area contributed by atoms with Crippen molar-refractivity contribution < 1.29 is 9.59 Å². The van der Waals surface area contributed by atoms with E-state index in [-0.39, 0.29) is 11.8 Å². The van der Waals surface area contributed by atoms with Gasteiger partial charge in [-0.25, -0.2) is 0 Å². The summed E-state index contributed by atoms with van der Waals surface area (Å²) in [5.41, 5.74) is 3.62. The van der Waals surface area contributed by atoms with Crippen LogP contribution in [0.3, 0.4) is 0 Å². The topological polar surface area (TPSA) is 74.3 Å². The van der Waals surface area contributed by atoms with Gasteiger partial charge in [-0.2, -0.15) is 0 Å². The number of amides is 2. The molecule has 0 fully saturated rings. The third kappa shape index (κ3) is 3.25. The molecule has 0 saturated carbocycles. The van der Waals surface area contributed by atoms with Crippen molar-refractivity contribution in [2.75, 3.05) is 15.5 Å². The molecule has 1 atom stereocenters. The van der Waals surface area contributed by atoms with Gasteiger partial charge < -0.3 is 10.6 Å². The second-order valence-electron chi connectivity index (χ2n) is 6.25. The summed E-state index contributed by atoms with van der Waals surface area (Å²) in [6.45, 7) is 1.47. The van der Waals surface area contributed by atoms with Crippen LogP contribution in [-0.2, 0) is 4.79 Å². The number of fused-ring (bicyclic) bond motifs is 1. The number of rotatable bonds is 4. The summed E-state index contributed by atoms with van der Waals surface area (Å²) in [6.07, 6.45) is 1.28. The Balaban J connectivity index is 1.68. The Bertz CT molecular complexity index is 987. The van der Waals surface area contributed by atoms with Crippen LogP contribution in [0.15, 0.2) is 72.9 Å². The number of nitrogens with zero attached hydrogens (tertiary/aromatic N) is 2. The standard InChI is InChI=1S/C21H18N4O2/c1-14(26)23-15-9-11-16(12-10-15)24-20-19-18(8-5-13-22-19)21(27)25(20)17-6-3-2-4-7-17/h2-13,20,24H,1H3,(H,23,26). The van der Waals surface area contributed by atoms with Crippen molar-refractivity contribution in [2.45, 2.75) is 13.1 Å². The SMILES string of the molecule is CC(=O)Nc1ccc(NC2c3ncccc3C(=O)N2c2ccccc2)cc1. The third-order valence-corrected chi connectivity index (χ3v) is 4.35. The fourth-order valence-electron chi connectivity index (χ4n) is 3.18. The summed E-state index contributed by atoms with van der Waals surface area (Å²) in [5, 5.41) is 6.13. The second-order valence-corrected chi connectivity index (χ2v) is 6.25. The molecule has 6 nitrogen and oxygen atoms in total. The molecule has 4 rings (SSSR count).